The van der Waals surface area contributed by atoms with E-state index in [1.807, 2.05) is 13.8 Å². The van der Waals surface area contributed by atoms with E-state index in [1.54, 1.807) is 24.3 Å². The average Bonchev–Trinajstić information content (AvgIpc) is 3.51. The minimum absolute atomic E-state index is 0.115. The van der Waals surface area contributed by atoms with Crippen molar-refractivity contribution in [3.63, 3.8) is 0 Å². The first kappa shape index (κ1) is 23.4. The molecule has 2 aliphatic rings. The zero-order valence-corrected chi connectivity index (χ0v) is 20.3. The Morgan fingerprint density at radius 3 is 1.39 bits per heavy atom. The van der Waals surface area contributed by atoms with Crippen molar-refractivity contribution >= 4 is 31.5 Å². The van der Waals surface area contributed by atoms with Crippen LogP contribution in [0.4, 0.5) is 0 Å². The molecule has 0 heterocycles. The molecule has 4 rings (SSSR count). The predicted octanol–water partition coefficient (Wildman–Crippen LogP) is 3.48. The first-order chi connectivity index (χ1) is 15.6. The van der Waals surface area contributed by atoms with Crippen molar-refractivity contribution < 1.29 is 16.8 Å². The fraction of sp³-hybridized carbons (Fsp3) is 0.391. The Balaban J connectivity index is 1.58. The van der Waals surface area contributed by atoms with E-state index in [1.165, 1.54) is 24.3 Å². The number of nitrogens with zero attached hydrogens (tertiary/aromatic N) is 2. The summed E-state index contributed by atoms with van der Waals surface area (Å²) >= 11 is 0. The third kappa shape index (κ3) is 5.80. The van der Waals surface area contributed by atoms with Gasteiger partial charge in [-0.15, -0.1) is 0 Å². The highest BCUT2D eigenvalue weighted by atomic mass is 32.2. The molecule has 2 atom stereocenters. The van der Waals surface area contributed by atoms with Gasteiger partial charge in [0.15, 0.2) is 0 Å². The summed E-state index contributed by atoms with van der Waals surface area (Å²) in [5, 5.41) is 8.38. The minimum Gasteiger partial charge on any atom is -0.200 e. The summed E-state index contributed by atoms with van der Waals surface area (Å²) < 4.78 is 50.7. The van der Waals surface area contributed by atoms with Crippen molar-refractivity contribution in [3.05, 3.63) is 59.7 Å². The molecule has 10 heteroatoms. The standard InChI is InChI=1S/C23H28N4O4S2/c1-16-3-9-20(10-4-16)32(28,29)26-24-22-13-7-18-15-19(18)8-14-23(22)25-27-33(30,31)21-11-5-17(2)6-12-21/h3-6,9-12,18-19,26-27H,7-8,13-15H2,1-2H3/b24-22+,25-23+/t18-,19+. The van der Waals surface area contributed by atoms with Crippen LogP contribution in [-0.2, 0) is 20.0 Å². The first-order valence-corrected chi connectivity index (χ1v) is 13.9. The smallest absolute Gasteiger partial charge is 0.200 e. The van der Waals surface area contributed by atoms with Gasteiger partial charge >= 0.3 is 0 Å². The highest BCUT2D eigenvalue weighted by molar-refractivity contribution is 7.89. The Kier molecular flexibility index (Phi) is 6.58. The van der Waals surface area contributed by atoms with Crippen molar-refractivity contribution in [1.29, 1.82) is 0 Å². The molecule has 2 aromatic rings. The highest BCUT2D eigenvalue weighted by Crippen LogP contribution is 2.46. The summed E-state index contributed by atoms with van der Waals surface area (Å²) in [7, 11) is -7.69. The van der Waals surface area contributed by atoms with Crippen LogP contribution in [0.2, 0.25) is 0 Å². The average molecular weight is 489 g/mol. The lowest BCUT2D eigenvalue weighted by atomic mass is 9.97. The molecular weight excluding hydrogens is 460 g/mol. The van der Waals surface area contributed by atoms with E-state index in [4.69, 9.17) is 0 Å². The lowest BCUT2D eigenvalue weighted by Gasteiger charge is -2.15. The third-order valence-electron chi connectivity index (χ3n) is 6.17. The molecule has 0 aromatic heterocycles. The van der Waals surface area contributed by atoms with Gasteiger partial charge in [-0.3, -0.25) is 0 Å². The lowest BCUT2D eigenvalue weighted by Crippen LogP contribution is -2.28. The fourth-order valence-corrected chi connectivity index (χ4v) is 5.62. The fourth-order valence-electron chi connectivity index (χ4n) is 3.96. The first-order valence-electron chi connectivity index (χ1n) is 10.9. The SMILES string of the molecule is Cc1ccc(S(=O)(=O)N/N=C2\CC[C@@H]3C[C@@H]3CC\C2=N/NS(=O)(=O)c2ccc(C)cc2)cc1. The molecule has 0 saturated heterocycles. The van der Waals surface area contributed by atoms with Crippen LogP contribution >= 0.6 is 0 Å². The Bertz CT molecular complexity index is 1180. The van der Waals surface area contributed by atoms with E-state index in [9.17, 15) is 16.8 Å². The van der Waals surface area contributed by atoms with Gasteiger partial charge in [-0.05, 0) is 82.1 Å². The molecule has 0 unspecified atom stereocenters. The molecule has 176 valence electrons. The van der Waals surface area contributed by atoms with Gasteiger partial charge in [0.25, 0.3) is 20.0 Å². The largest absolute Gasteiger partial charge is 0.276 e. The summed E-state index contributed by atoms with van der Waals surface area (Å²) in [6.07, 6.45) is 3.95. The topological polar surface area (TPSA) is 117 Å². The molecule has 2 saturated carbocycles. The van der Waals surface area contributed by atoms with Gasteiger partial charge in [0.2, 0.25) is 0 Å². The molecule has 8 nitrogen and oxygen atoms in total. The number of hydrazone groups is 2. The van der Waals surface area contributed by atoms with Crippen LogP contribution in [0, 0.1) is 25.7 Å². The van der Waals surface area contributed by atoms with E-state index < -0.39 is 20.0 Å². The van der Waals surface area contributed by atoms with Crippen LogP contribution < -0.4 is 9.66 Å². The van der Waals surface area contributed by atoms with Gasteiger partial charge in [-0.2, -0.15) is 36.7 Å². The molecule has 33 heavy (non-hydrogen) atoms. The quantitative estimate of drug-likeness (QED) is 0.605. The third-order valence-corrected chi connectivity index (χ3v) is 8.62. The van der Waals surface area contributed by atoms with E-state index in [2.05, 4.69) is 19.9 Å². The van der Waals surface area contributed by atoms with E-state index in [0.717, 1.165) is 30.4 Å². The second-order valence-corrected chi connectivity index (χ2v) is 12.1. The second kappa shape index (κ2) is 9.26. The number of hydrogen-bond donors (Lipinski definition) is 2. The number of fused-ring (bicyclic) bond motifs is 1. The number of aryl methyl sites for hydroxylation is 2. The van der Waals surface area contributed by atoms with Gasteiger partial charge in [0.1, 0.15) is 0 Å². The van der Waals surface area contributed by atoms with Gasteiger partial charge in [-0.25, -0.2) is 0 Å². The van der Waals surface area contributed by atoms with Crippen LogP contribution in [0.15, 0.2) is 68.5 Å². The lowest BCUT2D eigenvalue weighted by molar-refractivity contribution is 0.581. The molecule has 2 aliphatic carbocycles. The molecule has 2 aromatic carbocycles. The van der Waals surface area contributed by atoms with Gasteiger partial charge in [0, 0.05) is 0 Å². The number of hydrogen-bond acceptors (Lipinski definition) is 6. The summed E-state index contributed by atoms with van der Waals surface area (Å²) in [4.78, 5) is 4.85. The Hall–Kier alpha value is -2.72. The summed E-state index contributed by atoms with van der Waals surface area (Å²) in [6.45, 7) is 3.76. The molecule has 2 fully saturated rings. The number of benzene rings is 2. The van der Waals surface area contributed by atoms with Crippen molar-refractivity contribution in [2.45, 2.75) is 55.7 Å². The monoisotopic (exact) mass is 488 g/mol. The van der Waals surface area contributed by atoms with Crippen LogP contribution in [0.5, 0.6) is 0 Å². The maximum absolute atomic E-state index is 12.7. The highest BCUT2D eigenvalue weighted by Gasteiger charge is 2.38. The van der Waals surface area contributed by atoms with Gasteiger partial charge in [-0.1, -0.05) is 35.4 Å². The molecule has 0 amide bonds. The normalized spacial score (nSPS) is 23.5. The second-order valence-electron chi connectivity index (χ2n) is 8.77. The molecule has 0 radical (unpaired) electrons. The molecule has 0 aliphatic heterocycles. The minimum atomic E-state index is -3.85. The van der Waals surface area contributed by atoms with Crippen molar-refractivity contribution in [2.75, 3.05) is 0 Å². The van der Waals surface area contributed by atoms with Crippen LogP contribution in [-0.4, -0.2) is 28.3 Å². The zero-order chi connectivity index (χ0) is 23.6. The summed E-state index contributed by atoms with van der Waals surface area (Å²) in [5.41, 5.74) is 2.83. The zero-order valence-electron chi connectivity index (χ0n) is 18.7. The Labute approximate surface area is 195 Å². The number of rotatable bonds is 6. The maximum Gasteiger partial charge on any atom is 0.276 e. The van der Waals surface area contributed by atoms with Crippen molar-refractivity contribution in [1.82, 2.24) is 9.66 Å². The summed E-state index contributed by atoms with van der Waals surface area (Å²) in [6, 6.07) is 13.0. The molecular formula is C23H28N4O4S2. The van der Waals surface area contributed by atoms with Crippen LogP contribution in [0.3, 0.4) is 0 Å². The van der Waals surface area contributed by atoms with E-state index >= 15 is 0 Å². The molecule has 0 bridgehead atoms. The number of nitrogens with one attached hydrogen (secondary N) is 2. The summed E-state index contributed by atoms with van der Waals surface area (Å²) in [5.74, 6) is 1.24. The van der Waals surface area contributed by atoms with E-state index in [-0.39, 0.29) is 9.79 Å². The van der Waals surface area contributed by atoms with E-state index in [0.29, 0.717) is 36.1 Å². The maximum atomic E-state index is 12.7. The van der Waals surface area contributed by atoms with Crippen molar-refractivity contribution in [2.24, 2.45) is 22.0 Å². The molecule has 0 spiro atoms. The predicted molar refractivity (Wildman–Crippen MR) is 128 cm³/mol. The van der Waals surface area contributed by atoms with Crippen LogP contribution in [0.25, 0.3) is 0 Å². The van der Waals surface area contributed by atoms with Crippen molar-refractivity contribution in [3.8, 4) is 0 Å². The Morgan fingerprint density at radius 2 is 1.03 bits per heavy atom. The van der Waals surface area contributed by atoms with Gasteiger partial charge in [0.05, 0.1) is 21.2 Å². The Morgan fingerprint density at radius 1 is 0.667 bits per heavy atom. The van der Waals surface area contributed by atoms with Gasteiger partial charge < -0.3 is 0 Å². The van der Waals surface area contributed by atoms with Crippen LogP contribution in [0.1, 0.15) is 43.2 Å². The molecule has 2 N–H and O–H groups in total. The number of sulfonamides is 2.